The van der Waals surface area contributed by atoms with Gasteiger partial charge in [0.15, 0.2) is 11.6 Å². The lowest BCUT2D eigenvalue weighted by Crippen LogP contribution is -2.36. The molecule has 2 atom stereocenters. The zero-order valence-corrected chi connectivity index (χ0v) is 14.0. The average molecular weight is 367 g/mol. The minimum Gasteiger partial charge on any atom is -0.478 e. The molecule has 0 aliphatic heterocycles. The van der Waals surface area contributed by atoms with Crippen molar-refractivity contribution < 1.29 is 27.1 Å². The standard InChI is InChI=1S/C17H15F2NO4S/c1-17(9-13(17)10-5-3-2-4-6-10)20-25(23,24)11-7-12(16(21)22)15(19)14(18)8-11/h2-8,13,20H,9H2,1H3,(H,21,22)/t13-,17+/m1/s1. The molecular weight excluding hydrogens is 352 g/mol. The summed E-state index contributed by atoms with van der Waals surface area (Å²) in [6, 6.07) is 10.4. The van der Waals surface area contributed by atoms with Crippen LogP contribution >= 0.6 is 0 Å². The van der Waals surface area contributed by atoms with Crippen LogP contribution < -0.4 is 4.72 Å². The molecule has 1 aliphatic carbocycles. The Morgan fingerprint density at radius 2 is 1.88 bits per heavy atom. The maximum atomic E-state index is 13.6. The lowest BCUT2D eigenvalue weighted by Gasteiger charge is -2.15. The summed E-state index contributed by atoms with van der Waals surface area (Å²) >= 11 is 0. The minimum atomic E-state index is -4.21. The lowest BCUT2D eigenvalue weighted by molar-refractivity contribution is 0.0690. The maximum Gasteiger partial charge on any atom is 0.338 e. The number of rotatable bonds is 5. The molecule has 0 radical (unpaired) electrons. The Bertz CT molecular complexity index is 947. The molecule has 132 valence electrons. The smallest absolute Gasteiger partial charge is 0.338 e. The molecule has 8 heteroatoms. The molecule has 0 unspecified atom stereocenters. The van der Waals surface area contributed by atoms with Gasteiger partial charge in [-0.2, -0.15) is 0 Å². The van der Waals surface area contributed by atoms with E-state index in [0.717, 1.165) is 5.56 Å². The van der Waals surface area contributed by atoms with Gasteiger partial charge in [-0.15, -0.1) is 0 Å². The molecule has 1 fully saturated rings. The molecule has 0 saturated heterocycles. The third-order valence-corrected chi connectivity index (χ3v) is 5.94. The molecule has 5 nitrogen and oxygen atoms in total. The number of carbonyl (C=O) groups is 1. The number of hydrogen-bond acceptors (Lipinski definition) is 3. The molecule has 3 rings (SSSR count). The fourth-order valence-electron chi connectivity index (χ4n) is 2.89. The molecule has 2 aromatic carbocycles. The zero-order valence-electron chi connectivity index (χ0n) is 13.2. The van der Waals surface area contributed by atoms with E-state index in [-0.39, 0.29) is 5.92 Å². The monoisotopic (exact) mass is 367 g/mol. The van der Waals surface area contributed by atoms with Crippen molar-refractivity contribution in [1.29, 1.82) is 0 Å². The second-order valence-electron chi connectivity index (χ2n) is 6.26. The van der Waals surface area contributed by atoms with Gasteiger partial charge >= 0.3 is 5.97 Å². The second kappa shape index (κ2) is 5.89. The first-order valence-electron chi connectivity index (χ1n) is 7.45. The second-order valence-corrected chi connectivity index (χ2v) is 7.94. The summed E-state index contributed by atoms with van der Waals surface area (Å²) in [5.74, 6) is -4.91. The van der Waals surface area contributed by atoms with E-state index in [9.17, 15) is 22.0 Å². The van der Waals surface area contributed by atoms with E-state index >= 15 is 0 Å². The molecule has 0 spiro atoms. The van der Waals surface area contributed by atoms with Gasteiger partial charge in [-0.3, -0.25) is 0 Å². The maximum absolute atomic E-state index is 13.6. The fourth-order valence-corrected chi connectivity index (χ4v) is 4.38. The fraction of sp³-hybridized carbons (Fsp3) is 0.235. The van der Waals surface area contributed by atoms with Crippen LogP contribution in [0.15, 0.2) is 47.4 Å². The summed E-state index contributed by atoms with van der Waals surface area (Å²) < 4.78 is 54.6. The third-order valence-electron chi connectivity index (χ3n) is 4.35. The van der Waals surface area contributed by atoms with Crippen molar-refractivity contribution in [3.05, 3.63) is 65.2 Å². The molecule has 1 aliphatic rings. The molecule has 25 heavy (non-hydrogen) atoms. The van der Waals surface area contributed by atoms with Gasteiger partial charge in [-0.05, 0) is 31.0 Å². The summed E-state index contributed by atoms with van der Waals surface area (Å²) in [6.45, 7) is 1.71. The van der Waals surface area contributed by atoms with E-state index in [2.05, 4.69) is 4.72 Å². The number of benzene rings is 2. The first-order chi connectivity index (χ1) is 11.6. The Labute approximate surface area is 143 Å². The molecule has 0 heterocycles. The molecule has 0 aromatic heterocycles. The largest absolute Gasteiger partial charge is 0.478 e. The number of nitrogens with one attached hydrogen (secondary N) is 1. The summed E-state index contributed by atoms with van der Waals surface area (Å²) in [6.07, 6.45) is 0.547. The summed E-state index contributed by atoms with van der Waals surface area (Å²) in [4.78, 5) is 10.3. The number of sulfonamides is 1. The van der Waals surface area contributed by atoms with Crippen molar-refractivity contribution in [1.82, 2.24) is 4.72 Å². The highest BCUT2D eigenvalue weighted by molar-refractivity contribution is 7.89. The quantitative estimate of drug-likeness (QED) is 0.851. The van der Waals surface area contributed by atoms with Gasteiger partial charge in [-0.1, -0.05) is 30.3 Å². The number of carboxylic acids is 1. The number of hydrogen-bond donors (Lipinski definition) is 2. The Balaban J connectivity index is 1.90. The SMILES string of the molecule is C[C@]1(NS(=O)(=O)c2cc(F)c(F)c(C(=O)O)c2)C[C@@H]1c1ccccc1. The highest BCUT2D eigenvalue weighted by Gasteiger charge is 2.53. The number of halogens is 2. The summed E-state index contributed by atoms with van der Waals surface area (Å²) in [7, 11) is -4.21. The zero-order chi connectivity index (χ0) is 18.4. The first-order valence-corrected chi connectivity index (χ1v) is 8.93. The predicted octanol–water partition coefficient (Wildman–Crippen LogP) is 2.89. The van der Waals surface area contributed by atoms with E-state index in [1.807, 2.05) is 30.3 Å². The molecule has 2 N–H and O–H groups in total. The number of carboxylic acid groups (broad SMARTS) is 1. The van der Waals surface area contributed by atoms with E-state index in [1.165, 1.54) is 0 Å². The van der Waals surface area contributed by atoms with Crippen molar-refractivity contribution in [2.24, 2.45) is 0 Å². The van der Waals surface area contributed by atoms with Crippen LogP contribution in [0.3, 0.4) is 0 Å². The lowest BCUT2D eigenvalue weighted by atomic mass is 10.1. The van der Waals surface area contributed by atoms with Crippen LogP contribution in [-0.2, 0) is 10.0 Å². The van der Waals surface area contributed by atoms with Crippen molar-refractivity contribution >= 4 is 16.0 Å². The predicted molar refractivity (Wildman–Crippen MR) is 85.8 cm³/mol. The molecule has 0 amide bonds. The van der Waals surface area contributed by atoms with Crippen molar-refractivity contribution in [3.8, 4) is 0 Å². The first kappa shape index (κ1) is 17.5. The Morgan fingerprint density at radius 1 is 1.24 bits per heavy atom. The van der Waals surface area contributed by atoms with Crippen LogP contribution in [0.5, 0.6) is 0 Å². The van der Waals surface area contributed by atoms with Crippen LogP contribution in [0.1, 0.15) is 35.2 Å². The van der Waals surface area contributed by atoms with E-state index in [4.69, 9.17) is 5.11 Å². The third kappa shape index (κ3) is 3.27. The van der Waals surface area contributed by atoms with Crippen molar-refractivity contribution in [3.63, 3.8) is 0 Å². The van der Waals surface area contributed by atoms with Crippen LogP contribution in [0.4, 0.5) is 8.78 Å². The van der Waals surface area contributed by atoms with E-state index < -0.39 is 43.6 Å². The van der Waals surface area contributed by atoms with E-state index in [1.54, 1.807) is 6.92 Å². The molecule has 0 bridgehead atoms. The van der Waals surface area contributed by atoms with Gasteiger partial charge in [-0.25, -0.2) is 26.7 Å². The van der Waals surface area contributed by atoms with Crippen LogP contribution in [0, 0.1) is 11.6 Å². The van der Waals surface area contributed by atoms with E-state index in [0.29, 0.717) is 18.6 Å². The van der Waals surface area contributed by atoms with Crippen LogP contribution in [0.25, 0.3) is 0 Å². The Kier molecular flexibility index (Phi) is 4.12. The highest BCUT2D eigenvalue weighted by atomic mass is 32.2. The average Bonchev–Trinajstić information content (AvgIpc) is 3.20. The van der Waals surface area contributed by atoms with Crippen LogP contribution in [0.2, 0.25) is 0 Å². The van der Waals surface area contributed by atoms with Gasteiger partial charge in [0, 0.05) is 11.5 Å². The molecular formula is C17H15F2NO4S. The molecule has 2 aromatic rings. The van der Waals surface area contributed by atoms with Gasteiger partial charge in [0.1, 0.15) is 0 Å². The van der Waals surface area contributed by atoms with Gasteiger partial charge < -0.3 is 5.11 Å². The van der Waals surface area contributed by atoms with Gasteiger partial charge in [0.05, 0.1) is 10.5 Å². The topological polar surface area (TPSA) is 83.5 Å². The molecule has 1 saturated carbocycles. The highest BCUT2D eigenvalue weighted by Crippen LogP contribution is 2.51. The van der Waals surface area contributed by atoms with Gasteiger partial charge in [0.25, 0.3) is 0 Å². The minimum absolute atomic E-state index is 0.0484. The summed E-state index contributed by atoms with van der Waals surface area (Å²) in [5.41, 5.74) is -0.834. The normalized spacial score (nSPS) is 22.6. The summed E-state index contributed by atoms with van der Waals surface area (Å²) in [5, 5.41) is 8.89. The van der Waals surface area contributed by atoms with Gasteiger partial charge in [0.2, 0.25) is 10.0 Å². The Hall–Kier alpha value is -2.32. The van der Waals surface area contributed by atoms with Crippen LogP contribution in [-0.4, -0.2) is 25.0 Å². The Morgan fingerprint density at radius 3 is 2.48 bits per heavy atom. The van der Waals surface area contributed by atoms with Crippen molar-refractivity contribution in [2.45, 2.75) is 29.7 Å². The number of aromatic carboxylic acids is 1. The van der Waals surface area contributed by atoms with Crippen molar-refractivity contribution in [2.75, 3.05) is 0 Å².